The van der Waals surface area contributed by atoms with Crippen molar-refractivity contribution in [3.05, 3.63) is 53.1 Å². The summed E-state index contributed by atoms with van der Waals surface area (Å²) in [5, 5.41) is 0.443. The molecule has 8 nitrogen and oxygen atoms in total. The first-order valence-electron chi connectivity index (χ1n) is 11.1. The van der Waals surface area contributed by atoms with Crippen LogP contribution in [0.5, 0.6) is 5.75 Å². The molecule has 0 fully saturated rings. The lowest BCUT2D eigenvalue weighted by Crippen LogP contribution is -2.45. The summed E-state index contributed by atoms with van der Waals surface area (Å²) in [6.45, 7) is 5.68. The van der Waals surface area contributed by atoms with Crippen LogP contribution in [0.3, 0.4) is 0 Å². The molecule has 0 unspecified atom stereocenters. The number of benzene rings is 2. The highest BCUT2D eigenvalue weighted by atomic mass is 35.5. The van der Waals surface area contributed by atoms with Crippen molar-refractivity contribution in [3.8, 4) is 5.75 Å². The highest BCUT2D eigenvalue weighted by Crippen LogP contribution is 2.28. The molecule has 0 aliphatic carbocycles. The lowest BCUT2D eigenvalue weighted by Gasteiger charge is -2.34. The third-order valence-electron chi connectivity index (χ3n) is 6.13. The van der Waals surface area contributed by atoms with Crippen molar-refractivity contribution in [1.29, 1.82) is 0 Å². The van der Waals surface area contributed by atoms with Gasteiger partial charge in [-0.2, -0.15) is 0 Å². The fraction of sp³-hybridized carbons (Fsp3) is 0.458. The standard InChI is InChI=1S/C24H32ClN3O5S/c1-16-13-27(3)17(2)15-33-22-12-19(26-34(30,31)20-9-6-18(25)7-10-20)8-11-21(22)24(29)28(4)14-23(16)32-5/h6-12,16-17,23,26H,13-15H2,1-5H3/t16-,17-,23-/m1/s1. The fourth-order valence-corrected chi connectivity index (χ4v) is 5.02. The van der Waals surface area contributed by atoms with Crippen LogP contribution in [0.2, 0.25) is 5.02 Å². The second kappa shape index (κ2) is 10.9. The van der Waals surface area contributed by atoms with E-state index in [1.807, 2.05) is 14.0 Å². The van der Waals surface area contributed by atoms with Crippen LogP contribution >= 0.6 is 11.6 Å². The Kier molecular flexibility index (Phi) is 8.46. The van der Waals surface area contributed by atoms with Gasteiger partial charge in [0.25, 0.3) is 15.9 Å². The Bertz CT molecular complexity index is 1110. The molecule has 1 aliphatic heterocycles. The Morgan fingerprint density at radius 2 is 1.76 bits per heavy atom. The van der Waals surface area contributed by atoms with E-state index in [9.17, 15) is 13.2 Å². The van der Waals surface area contributed by atoms with Crippen molar-refractivity contribution in [1.82, 2.24) is 9.80 Å². The van der Waals surface area contributed by atoms with E-state index in [2.05, 4.69) is 16.5 Å². The van der Waals surface area contributed by atoms with Crippen molar-refractivity contribution in [2.45, 2.75) is 30.9 Å². The number of halogens is 1. The summed E-state index contributed by atoms with van der Waals surface area (Å²) in [5.41, 5.74) is 0.649. The van der Waals surface area contributed by atoms with Gasteiger partial charge in [-0.3, -0.25) is 14.4 Å². The zero-order valence-corrected chi connectivity index (χ0v) is 21.7. The number of rotatable bonds is 4. The molecule has 3 rings (SSSR count). The summed E-state index contributed by atoms with van der Waals surface area (Å²) < 4.78 is 39.9. The Balaban J connectivity index is 1.94. The molecule has 10 heteroatoms. The number of hydrogen-bond donors (Lipinski definition) is 1. The molecular weight excluding hydrogens is 478 g/mol. The van der Waals surface area contributed by atoms with Crippen molar-refractivity contribution in [2.24, 2.45) is 5.92 Å². The lowest BCUT2D eigenvalue weighted by molar-refractivity contribution is 0.0150. The maximum atomic E-state index is 13.2. The van der Waals surface area contributed by atoms with Gasteiger partial charge in [-0.05, 0) is 56.3 Å². The number of fused-ring (bicyclic) bond motifs is 1. The molecule has 2 aromatic carbocycles. The fourth-order valence-electron chi connectivity index (χ4n) is 3.84. The van der Waals surface area contributed by atoms with E-state index in [4.69, 9.17) is 21.1 Å². The Morgan fingerprint density at radius 3 is 2.41 bits per heavy atom. The first-order chi connectivity index (χ1) is 16.0. The number of amides is 1. The summed E-state index contributed by atoms with van der Waals surface area (Å²) in [5.74, 6) is 0.296. The maximum absolute atomic E-state index is 13.2. The van der Waals surface area contributed by atoms with Gasteiger partial charge in [0, 0.05) is 44.4 Å². The number of ether oxygens (including phenoxy) is 2. The second-order valence-corrected chi connectivity index (χ2v) is 10.9. The maximum Gasteiger partial charge on any atom is 0.261 e. The number of nitrogens with one attached hydrogen (secondary N) is 1. The second-order valence-electron chi connectivity index (χ2n) is 8.81. The van der Waals surface area contributed by atoms with Gasteiger partial charge in [-0.25, -0.2) is 8.42 Å². The molecular formula is C24H32ClN3O5S. The molecule has 1 N–H and O–H groups in total. The normalized spacial score (nSPS) is 22.8. The van der Waals surface area contributed by atoms with Crippen LogP contribution in [0.4, 0.5) is 5.69 Å². The van der Waals surface area contributed by atoms with Gasteiger partial charge < -0.3 is 14.4 Å². The summed E-state index contributed by atoms with van der Waals surface area (Å²) in [7, 11) is 1.56. The van der Waals surface area contributed by atoms with E-state index < -0.39 is 10.0 Å². The third-order valence-corrected chi connectivity index (χ3v) is 7.78. The van der Waals surface area contributed by atoms with Crippen LogP contribution < -0.4 is 9.46 Å². The van der Waals surface area contributed by atoms with E-state index in [1.165, 1.54) is 24.3 Å². The van der Waals surface area contributed by atoms with E-state index in [0.717, 1.165) is 6.54 Å². The molecule has 34 heavy (non-hydrogen) atoms. The number of nitrogens with zero attached hydrogens (tertiary/aromatic N) is 2. The van der Waals surface area contributed by atoms with E-state index >= 15 is 0 Å². The van der Waals surface area contributed by atoms with Gasteiger partial charge in [0.05, 0.1) is 22.3 Å². The van der Waals surface area contributed by atoms with Crippen molar-refractivity contribution >= 4 is 33.2 Å². The monoisotopic (exact) mass is 509 g/mol. The Morgan fingerprint density at radius 1 is 1.09 bits per heavy atom. The molecule has 0 saturated carbocycles. The largest absolute Gasteiger partial charge is 0.491 e. The van der Waals surface area contributed by atoms with Gasteiger partial charge in [0.2, 0.25) is 0 Å². The average molecular weight is 510 g/mol. The Labute approximate surface area is 206 Å². The Hall–Kier alpha value is -2.33. The predicted octanol–water partition coefficient (Wildman–Crippen LogP) is 3.58. The van der Waals surface area contributed by atoms with Gasteiger partial charge in [-0.15, -0.1) is 0 Å². The quantitative estimate of drug-likeness (QED) is 0.677. The van der Waals surface area contributed by atoms with Gasteiger partial charge in [-0.1, -0.05) is 18.5 Å². The number of carbonyl (C=O) groups is 1. The van der Waals surface area contributed by atoms with Gasteiger partial charge in [0.15, 0.2) is 0 Å². The van der Waals surface area contributed by atoms with Crippen LogP contribution in [-0.4, -0.2) is 77.2 Å². The molecule has 3 atom stereocenters. The number of carbonyl (C=O) groups excluding carboxylic acids is 1. The van der Waals surface area contributed by atoms with E-state index in [-0.39, 0.29) is 28.9 Å². The van der Waals surface area contributed by atoms with Crippen LogP contribution in [0, 0.1) is 5.92 Å². The number of hydrogen-bond acceptors (Lipinski definition) is 6. The average Bonchev–Trinajstić information content (AvgIpc) is 2.79. The highest BCUT2D eigenvalue weighted by molar-refractivity contribution is 7.92. The highest BCUT2D eigenvalue weighted by Gasteiger charge is 2.27. The smallest absolute Gasteiger partial charge is 0.261 e. The molecule has 2 aromatic rings. The molecule has 0 saturated heterocycles. The van der Waals surface area contributed by atoms with Crippen LogP contribution in [0.1, 0.15) is 24.2 Å². The first kappa shape index (κ1) is 26.3. The van der Waals surface area contributed by atoms with Gasteiger partial charge >= 0.3 is 0 Å². The van der Waals surface area contributed by atoms with E-state index in [1.54, 1.807) is 37.3 Å². The molecule has 1 amide bonds. The molecule has 0 aromatic heterocycles. The predicted molar refractivity (Wildman–Crippen MR) is 133 cm³/mol. The topological polar surface area (TPSA) is 88.2 Å². The summed E-state index contributed by atoms with van der Waals surface area (Å²) in [6.07, 6.45) is -0.127. The summed E-state index contributed by atoms with van der Waals surface area (Å²) in [4.78, 5) is 17.1. The molecule has 1 heterocycles. The first-order valence-corrected chi connectivity index (χ1v) is 12.9. The summed E-state index contributed by atoms with van der Waals surface area (Å²) in [6, 6.07) is 10.6. The molecule has 1 aliphatic rings. The minimum absolute atomic E-state index is 0.0643. The van der Waals surface area contributed by atoms with E-state index in [0.29, 0.717) is 35.2 Å². The molecule has 186 valence electrons. The zero-order valence-electron chi connectivity index (χ0n) is 20.1. The van der Waals surface area contributed by atoms with Crippen molar-refractivity contribution in [3.63, 3.8) is 0 Å². The SMILES string of the molecule is CO[C@@H]1CN(C)C(=O)c2ccc(NS(=O)(=O)c3ccc(Cl)cc3)cc2OC[C@@H](C)N(C)C[C@H]1C. The molecule has 0 spiro atoms. The van der Waals surface area contributed by atoms with Crippen LogP contribution in [0.25, 0.3) is 0 Å². The molecule has 0 radical (unpaired) electrons. The number of likely N-dealkylation sites (N-methyl/N-ethyl adjacent to an activating group) is 2. The van der Waals surface area contributed by atoms with Gasteiger partial charge in [0.1, 0.15) is 12.4 Å². The number of methoxy groups -OCH3 is 1. The number of anilines is 1. The molecule has 0 bridgehead atoms. The van der Waals surface area contributed by atoms with Crippen LogP contribution in [-0.2, 0) is 14.8 Å². The summed E-state index contributed by atoms with van der Waals surface area (Å²) >= 11 is 5.87. The lowest BCUT2D eigenvalue weighted by atomic mass is 10.0. The van der Waals surface area contributed by atoms with Crippen molar-refractivity contribution in [2.75, 3.05) is 45.6 Å². The minimum Gasteiger partial charge on any atom is -0.491 e. The number of sulfonamides is 1. The third kappa shape index (κ3) is 6.21. The zero-order chi connectivity index (χ0) is 25.0. The van der Waals surface area contributed by atoms with Crippen molar-refractivity contribution < 1.29 is 22.7 Å². The minimum atomic E-state index is -3.84. The van der Waals surface area contributed by atoms with Crippen LogP contribution in [0.15, 0.2) is 47.4 Å².